The van der Waals surface area contributed by atoms with Gasteiger partial charge in [-0.15, -0.1) is 0 Å². The maximum Gasteiger partial charge on any atom is 0.112 e. The summed E-state index contributed by atoms with van der Waals surface area (Å²) in [5.74, 6) is 1.14. The van der Waals surface area contributed by atoms with Gasteiger partial charge in [0, 0.05) is 25.0 Å². The number of unbranched alkanes of at least 4 members (excludes halogenated alkanes) is 7. The number of nitrogens with zero attached hydrogens (tertiary/aromatic N) is 2. The Balaban J connectivity index is 1.99. The standard InChI is InChI=1S/C15H26N2/c1-3-5-6-7-8-9-10-11-12-15-16-13-14-17(15)4-2/h4,13-14H,2-3,5-12H2,1H3. The van der Waals surface area contributed by atoms with Crippen LogP contribution >= 0.6 is 0 Å². The minimum absolute atomic E-state index is 1.08. The molecule has 96 valence electrons. The molecule has 0 aromatic carbocycles. The number of hydrogen-bond acceptors (Lipinski definition) is 1. The van der Waals surface area contributed by atoms with Crippen LogP contribution in [0.4, 0.5) is 0 Å². The van der Waals surface area contributed by atoms with Gasteiger partial charge < -0.3 is 4.57 Å². The quantitative estimate of drug-likeness (QED) is 0.538. The van der Waals surface area contributed by atoms with Crippen molar-refractivity contribution >= 4 is 6.20 Å². The first-order chi connectivity index (χ1) is 8.38. The monoisotopic (exact) mass is 234 g/mol. The second-order valence-corrected chi connectivity index (χ2v) is 4.66. The first-order valence-electron chi connectivity index (χ1n) is 7.02. The fourth-order valence-electron chi connectivity index (χ4n) is 2.12. The third-order valence-electron chi connectivity index (χ3n) is 3.20. The zero-order valence-corrected chi connectivity index (χ0v) is 11.2. The van der Waals surface area contributed by atoms with Crippen LogP contribution in [0.25, 0.3) is 6.20 Å². The number of imidazole rings is 1. The van der Waals surface area contributed by atoms with E-state index in [1.165, 1.54) is 51.4 Å². The summed E-state index contributed by atoms with van der Waals surface area (Å²) >= 11 is 0. The largest absolute Gasteiger partial charge is 0.311 e. The van der Waals surface area contributed by atoms with Crippen LogP contribution in [0.2, 0.25) is 0 Å². The van der Waals surface area contributed by atoms with Crippen molar-refractivity contribution in [2.75, 3.05) is 0 Å². The normalized spacial score (nSPS) is 10.6. The second-order valence-electron chi connectivity index (χ2n) is 4.66. The summed E-state index contributed by atoms with van der Waals surface area (Å²) in [6.07, 6.45) is 17.6. The molecule has 1 aromatic heterocycles. The van der Waals surface area contributed by atoms with E-state index < -0.39 is 0 Å². The first kappa shape index (κ1) is 14.0. The van der Waals surface area contributed by atoms with Crippen molar-refractivity contribution in [1.29, 1.82) is 0 Å². The summed E-state index contributed by atoms with van der Waals surface area (Å²) in [4.78, 5) is 4.34. The van der Waals surface area contributed by atoms with E-state index in [2.05, 4.69) is 18.5 Å². The van der Waals surface area contributed by atoms with Crippen molar-refractivity contribution < 1.29 is 0 Å². The van der Waals surface area contributed by atoms with Crippen LogP contribution in [0, 0.1) is 0 Å². The Morgan fingerprint density at radius 1 is 1.12 bits per heavy atom. The molecule has 0 radical (unpaired) electrons. The average Bonchev–Trinajstić information content (AvgIpc) is 2.80. The van der Waals surface area contributed by atoms with Gasteiger partial charge in [0.2, 0.25) is 0 Å². The molecule has 0 saturated heterocycles. The predicted molar refractivity (Wildman–Crippen MR) is 74.9 cm³/mol. The lowest BCUT2D eigenvalue weighted by Crippen LogP contribution is -1.95. The Bertz CT molecular complexity index is 302. The van der Waals surface area contributed by atoms with Gasteiger partial charge in [-0.1, -0.05) is 58.4 Å². The van der Waals surface area contributed by atoms with Crippen LogP contribution in [0.15, 0.2) is 19.0 Å². The van der Waals surface area contributed by atoms with E-state index in [0.29, 0.717) is 0 Å². The van der Waals surface area contributed by atoms with Crippen molar-refractivity contribution in [3.05, 3.63) is 24.8 Å². The van der Waals surface area contributed by atoms with E-state index in [-0.39, 0.29) is 0 Å². The average molecular weight is 234 g/mol. The Labute approximate surface area is 106 Å². The molecule has 0 unspecified atom stereocenters. The Hall–Kier alpha value is -1.05. The number of hydrogen-bond donors (Lipinski definition) is 0. The van der Waals surface area contributed by atoms with Crippen molar-refractivity contribution in [3.8, 4) is 0 Å². The minimum Gasteiger partial charge on any atom is -0.311 e. The lowest BCUT2D eigenvalue weighted by Gasteiger charge is -2.03. The molecule has 0 atom stereocenters. The SMILES string of the molecule is C=Cn1ccnc1CCCCCCCCCC. The van der Waals surface area contributed by atoms with Crippen LogP contribution in [0.5, 0.6) is 0 Å². The molecule has 0 saturated carbocycles. The van der Waals surface area contributed by atoms with E-state index >= 15 is 0 Å². The first-order valence-corrected chi connectivity index (χ1v) is 7.02. The fourth-order valence-corrected chi connectivity index (χ4v) is 2.12. The highest BCUT2D eigenvalue weighted by Crippen LogP contribution is 2.10. The Kier molecular flexibility index (Phi) is 7.44. The summed E-state index contributed by atoms with van der Waals surface area (Å²) in [5.41, 5.74) is 0. The van der Waals surface area contributed by atoms with E-state index in [4.69, 9.17) is 0 Å². The van der Waals surface area contributed by atoms with Crippen molar-refractivity contribution in [2.24, 2.45) is 0 Å². The number of aryl methyl sites for hydroxylation is 1. The molecule has 0 spiro atoms. The maximum atomic E-state index is 4.34. The van der Waals surface area contributed by atoms with Crippen LogP contribution in [0.3, 0.4) is 0 Å². The maximum absolute atomic E-state index is 4.34. The van der Waals surface area contributed by atoms with Crippen molar-refractivity contribution in [2.45, 2.75) is 64.7 Å². The Morgan fingerprint density at radius 3 is 2.41 bits per heavy atom. The lowest BCUT2D eigenvalue weighted by atomic mass is 10.1. The highest BCUT2D eigenvalue weighted by atomic mass is 15.0. The molecule has 17 heavy (non-hydrogen) atoms. The van der Waals surface area contributed by atoms with Crippen LogP contribution in [0.1, 0.15) is 64.1 Å². The highest BCUT2D eigenvalue weighted by molar-refractivity contribution is 5.19. The lowest BCUT2D eigenvalue weighted by molar-refractivity contribution is 0.571. The van der Waals surface area contributed by atoms with Crippen LogP contribution < -0.4 is 0 Å². The van der Waals surface area contributed by atoms with Gasteiger partial charge in [0.15, 0.2) is 0 Å². The second kappa shape index (κ2) is 9.03. The highest BCUT2D eigenvalue weighted by Gasteiger charge is 1.99. The van der Waals surface area contributed by atoms with Gasteiger partial charge in [-0.2, -0.15) is 0 Å². The molecule has 0 fully saturated rings. The molecule has 0 bridgehead atoms. The van der Waals surface area contributed by atoms with Gasteiger partial charge in [-0.25, -0.2) is 4.98 Å². The topological polar surface area (TPSA) is 17.8 Å². The molecule has 0 aliphatic carbocycles. The molecule has 0 aliphatic rings. The van der Waals surface area contributed by atoms with E-state index in [9.17, 15) is 0 Å². The smallest absolute Gasteiger partial charge is 0.112 e. The van der Waals surface area contributed by atoms with Gasteiger partial charge in [0.1, 0.15) is 5.82 Å². The van der Waals surface area contributed by atoms with Gasteiger partial charge in [0.25, 0.3) is 0 Å². The fraction of sp³-hybridized carbons (Fsp3) is 0.667. The number of aromatic nitrogens is 2. The molecular formula is C15H26N2. The molecule has 0 amide bonds. The van der Waals surface area contributed by atoms with E-state index in [1.54, 1.807) is 0 Å². The van der Waals surface area contributed by atoms with Gasteiger partial charge in [-0.3, -0.25) is 0 Å². The summed E-state index contributed by atoms with van der Waals surface area (Å²) in [6, 6.07) is 0. The minimum atomic E-state index is 1.08. The molecule has 0 aliphatic heterocycles. The molecule has 2 heteroatoms. The van der Waals surface area contributed by atoms with E-state index in [0.717, 1.165) is 12.2 Å². The zero-order valence-electron chi connectivity index (χ0n) is 11.2. The molecule has 1 aromatic rings. The van der Waals surface area contributed by atoms with Gasteiger partial charge in [0.05, 0.1) is 0 Å². The summed E-state index contributed by atoms with van der Waals surface area (Å²) in [7, 11) is 0. The molecular weight excluding hydrogens is 208 g/mol. The predicted octanol–water partition coefficient (Wildman–Crippen LogP) is 4.67. The van der Waals surface area contributed by atoms with Crippen LogP contribution in [-0.2, 0) is 6.42 Å². The molecule has 2 nitrogen and oxygen atoms in total. The van der Waals surface area contributed by atoms with Gasteiger partial charge in [-0.05, 0) is 6.42 Å². The Morgan fingerprint density at radius 2 is 1.76 bits per heavy atom. The molecule has 1 rings (SSSR count). The zero-order chi connectivity index (χ0) is 12.3. The van der Waals surface area contributed by atoms with Gasteiger partial charge >= 0.3 is 0 Å². The van der Waals surface area contributed by atoms with E-state index in [1.807, 2.05) is 23.2 Å². The summed E-state index contributed by atoms with van der Waals surface area (Å²) in [6.45, 7) is 6.04. The number of rotatable bonds is 10. The third-order valence-corrected chi connectivity index (χ3v) is 3.20. The summed E-state index contributed by atoms with van der Waals surface area (Å²) < 4.78 is 2.02. The molecule has 0 N–H and O–H groups in total. The van der Waals surface area contributed by atoms with Crippen molar-refractivity contribution in [1.82, 2.24) is 9.55 Å². The third kappa shape index (κ3) is 5.71. The van der Waals surface area contributed by atoms with Crippen molar-refractivity contribution in [3.63, 3.8) is 0 Å². The molecule has 1 heterocycles. The van der Waals surface area contributed by atoms with Crippen LogP contribution in [-0.4, -0.2) is 9.55 Å². The summed E-state index contributed by atoms with van der Waals surface area (Å²) in [5, 5.41) is 0.